The fourth-order valence-corrected chi connectivity index (χ4v) is 3.24. The number of benzene rings is 1. The zero-order valence-electron chi connectivity index (χ0n) is 14.0. The molecule has 0 amide bonds. The highest BCUT2D eigenvalue weighted by Crippen LogP contribution is 2.26. The summed E-state index contributed by atoms with van der Waals surface area (Å²) in [5, 5.41) is 4.14. The minimum absolute atomic E-state index is 0.383. The number of anilines is 1. The van der Waals surface area contributed by atoms with Crippen LogP contribution in [0.15, 0.2) is 53.2 Å². The highest BCUT2D eigenvalue weighted by atomic mass is 16.5. The van der Waals surface area contributed by atoms with Gasteiger partial charge in [-0.2, -0.15) is 0 Å². The Balaban J connectivity index is 1.43. The predicted molar refractivity (Wildman–Crippen MR) is 96.3 cm³/mol. The molecule has 0 saturated heterocycles. The van der Waals surface area contributed by atoms with E-state index in [4.69, 9.17) is 15.0 Å². The molecule has 1 aliphatic rings. The Morgan fingerprint density at radius 1 is 1.12 bits per heavy atom. The van der Waals surface area contributed by atoms with Crippen LogP contribution < -0.4 is 10.5 Å². The maximum atomic E-state index is 6.00. The number of ether oxygens (including phenoxy) is 1. The van der Waals surface area contributed by atoms with Crippen molar-refractivity contribution < 1.29 is 9.26 Å². The highest BCUT2D eigenvalue weighted by molar-refractivity contribution is 5.69. The number of nitrogens with zero attached hydrogens (tertiary/aromatic N) is 2. The molecule has 0 aliphatic heterocycles. The van der Waals surface area contributed by atoms with Crippen LogP contribution in [0.25, 0.3) is 11.3 Å². The minimum Gasteiger partial charge on any atom is -0.490 e. The van der Waals surface area contributed by atoms with Gasteiger partial charge in [0.15, 0.2) is 5.76 Å². The number of pyridine rings is 1. The molecular weight excluding hydrogens is 314 g/mol. The fraction of sp³-hybridized carbons (Fsp3) is 0.300. The SMILES string of the molecule is Nc1ncccc1-c1cc(Cc2ccc(OC3CCCC3)cc2)no1. The van der Waals surface area contributed by atoms with Crippen molar-refractivity contribution in [2.45, 2.75) is 38.2 Å². The van der Waals surface area contributed by atoms with Gasteiger partial charge in [0.25, 0.3) is 0 Å². The average Bonchev–Trinajstić information content (AvgIpc) is 3.29. The van der Waals surface area contributed by atoms with E-state index in [1.165, 1.54) is 25.7 Å². The molecule has 1 fully saturated rings. The summed E-state index contributed by atoms with van der Waals surface area (Å²) in [5.74, 6) is 2.03. The Morgan fingerprint density at radius 3 is 2.68 bits per heavy atom. The van der Waals surface area contributed by atoms with E-state index in [1.807, 2.05) is 30.3 Å². The minimum atomic E-state index is 0.383. The molecule has 2 aromatic heterocycles. The Hall–Kier alpha value is -2.82. The lowest BCUT2D eigenvalue weighted by atomic mass is 10.1. The van der Waals surface area contributed by atoms with Gasteiger partial charge in [0.05, 0.1) is 17.4 Å². The first-order valence-electron chi connectivity index (χ1n) is 8.70. The molecule has 0 unspecified atom stereocenters. The first-order chi connectivity index (χ1) is 12.3. The molecule has 5 nitrogen and oxygen atoms in total. The van der Waals surface area contributed by atoms with Crippen molar-refractivity contribution >= 4 is 5.82 Å². The largest absolute Gasteiger partial charge is 0.490 e. The number of hydrogen-bond donors (Lipinski definition) is 1. The van der Waals surface area contributed by atoms with E-state index in [-0.39, 0.29) is 0 Å². The van der Waals surface area contributed by atoms with Gasteiger partial charge in [-0.25, -0.2) is 4.98 Å². The lowest BCUT2D eigenvalue weighted by Gasteiger charge is -2.13. The maximum Gasteiger partial charge on any atom is 0.170 e. The molecule has 0 radical (unpaired) electrons. The molecule has 1 saturated carbocycles. The molecule has 128 valence electrons. The summed E-state index contributed by atoms with van der Waals surface area (Å²) in [6.07, 6.45) is 7.63. The van der Waals surface area contributed by atoms with Gasteiger partial charge >= 0.3 is 0 Å². The van der Waals surface area contributed by atoms with Crippen molar-refractivity contribution in [1.82, 2.24) is 10.1 Å². The molecule has 0 spiro atoms. The molecular formula is C20H21N3O2. The maximum absolute atomic E-state index is 6.00. The van der Waals surface area contributed by atoms with Crippen LogP contribution in [0.2, 0.25) is 0 Å². The molecule has 1 aliphatic carbocycles. The average molecular weight is 335 g/mol. The third-order valence-corrected chi connectivity index (χ3v) is 4.58. The summed E-state index contributed by atoms with van der Waals surface area (Å²) in [5.41, 5.74) is 8.68. The van der Waals surface area contributed by atoms with Crippen molar-refractivity contribution in [1.29, 1.82) is 0 Å². The normalized spacial score (nSPS) is 14.7. The fourth-order valence-electron chi connectivity index (χ4n) is 3.24. The number of aromatic nitrogens is 2. The Bertz CT molecular complexity index is 836. The van der Waals surface area contributed by atoms with Gasteiger partial charge in [-0.05, 0) is 55.5 Å². The quantitative estimate of drug-likeness (QED) is 0.755. The van der Waals surface area contributed by atoms with Crippen molar-refractivity contribution in [2.75, 3.05) is 5.73 Å². The van der Waals surface area contributed by atoms with E-state index in [0.717, 1.165) is 22.6 Å². The topological polar surface area (TPSA) is 74.2 Å². The molecule has 2 heterocycles. The van der Waals surface area contributed by atoms with E-state index in [1.54, 1.807) is 6.20 Å². The third kappa shape index (κ3) is 3.65. The summed E-state index contributed by atoms with van der Waals surface area (Å²) in [6, 6.07) is 13.9. The summed E-state index contributed by atoms with van der Waals surface area (Å²) in [6.45, 7) is 0. The number of rotatable bonds is 5. The lowest BCUT2D eigenvalue weighted by Crippen LogP contribution is -2.10. The van der Waals surface area contributed by atoms with Crippen LogP contribution in [0.1, 0.15) is 36.9 Å². The van der Waals surface area contributed by atoms with Crippen LogP contribution in [-0.2, 0) is 6.42 Å². The van der Waals surface area contributed by atoms with Gasteiger partial charge in [-0.3, -0.25) is 0 Å². The Kier molecular flexibility index (Phi) is 4.37. The van der Waals surface area contributed by atoms with E-state index < -0.39 is 0 Å². The van der Waals surface area contributed by atoms with Crippen LogP contribution in [0, 0.1) is 0 Å². The van der Waals surface area contributed by atoms with Crippen molar-refractivity contribution in [3.05, 3.63) is 59.9 Å². The molecule has 4 rings (SSSR count). The van der Waals surface area contributed by atoms with Gasteiger partial charge in [0.2, 0.25) is 0 Å². The second-order valence-corrected chi connectivity index (χ2v) is 6.46. The molecule has 0 atom stereocenters. The molecule has 5 heteroatoms. The molecule has 2 N–H and O–H groups in total. The van der Waals surface area contributed by atoms with E-state index in [9.17, 15) is 0 Å². The number of nitrogens with two attached hydrogens (primary N) is 1. The van der Waals surface area contributed by atoms with E-state index in [2.05, 4.69) is 22.3 Å². The third-order valence-electron chi connectivity index (χ3n) is 4.58. The number of hydrogen-bond acceptors (Lipinski definition) is 5. The van der Waals surface area contributed by atoms with Crippen molar-refractivity contribution in [3.63, 3.8) is 0 Å². The van der Waals surface area contributed by atoms with Crippen LogP contribution >= 0.6 is 0 Å². The summed E-state index contributed by atoms with van der Waals surface area (Å²) < 4.78 is 11.4. The predicted octanol–water partition coefficient (Wildman–Crippen LogP) is 4.23. The van der Waals surface area contributed by atoms with Crippen molar-refractivity contribution in [3.8, 4) is 17.1 Å². The van der Waals surface area contributed by atoms with Gasteiger partial charge in [-0.15, -0.1) is 0 Å². The Morgan fingerprint density at radius 2 is 1.92 bits per heavy atom. The zero-order chi connectivity index (χ0) is 17.1. The molecule has 3 aromatic rings. The van der Waals surface area contributed by atoms with Gasteiger partial charge in [-0.1, -0.05) is 17.3 Å². The first-order valence-corrected chi connectivity index (χ1v) is 8.70. The molecule has 0 bridgehead atoms. The van der Waals surface area contributed by atoms with Crippen LogP contribution in [-0.4, -0.2) is 16.2 Å². The monoisotopic (exact) mass is 335 g/mol. The van der Waals surface area contributed by atoms with E-state index >= 15 is 0 Å². The van der Waals surface area contributed by atoms with Gasteiger partial charge in [0.1, 0.15) is 11.6 Å². The van der Waals surface area contributed by atoms with Crippen LogP contribution in [0.3, 0.4) is 0 Å². The van der Waals surface area contributed by atoms with E-state index in [0.29, 0.717) is 24.1 Å². The summed E-state index contributed by atoms with van der Waals surface area (Å²) >= 11 is 0. The van der Waals surface area contributed by atoms with Gasteiger partial charge < -0.3 is 15.0 Å². The Labute approximate surface area is 146 Å². The zero-order valence-corrected chi connectivity index (χ0v) is 14.0. The smallest absolute Gasteiger partial charge is 0.170 e. The number of nitrogen functional groups attached to an aromatic ring is 1. The highest BCUT2D eigenvalue weighted by Gasteiger charge is 2.16. The second kappa shape index (κ2) is 6.97. The van der Waals surface area contributed by atoms with Crippen molar-refractivity contribution in [2.24, 2.45) is 0 Å². The second-order valence-electron chi connectivity index (χ2n) is 6.46. The first kappa shape index (κ1) is 15.7. The molecule has 25 heavy (non-hydrogen) atoms. The van der Waals surface area contributed by atoms with Gasteiger partial charge in [0, 0.05) is 18.7 Å². The summed E-state index contributed by atoms with van der Waals surface area (Å²) in [7, 11) is 0. The standard InChI is InChI=1S/C20H21N3O2/c21-20-18(6-3-11-22-20)19-13-15(23-25-19)12-14-7-9-17(10-8-14)24-16-4-1-2-5-16/h3,6-11,13,16H,1-2,4-5,12H2,(H2,21,22). The van der Waals surface area contributed by atoms with Crippen LogP contribution in [0.4, 0.5) is 5.82 Å². The lowest BCUT2D eigenvalue weighted by molar-refractivity contribution is 0.210. The summed E-state index contributed by atoms with van der Waals surface area (Å²) in [4.78, 5) is 4.08. The molecule has 1 aromatic carbocycles. The van der Waals surface area contributed by atoms with Crippen LogP contribution in [0.5, 0.6) is 5.75 Å².